The molecule has 1 saturated heterocycles. The zero-order valence-corrected chi connectivity index (χ0v) is 11.9. The normalized spacial score (nSPS) is 17.9. The van der Waals surface area contributed by atoms with Crippen molar-refractivity contribution in [2.24, 2.45) is 5.92 Å². The lowest BCUT2D eigenvalue weighted by Gasteiger charge is -2.16. The van der Waals surface area contributed by atoms with Crippen molar-refractivity contribution in [1.82, 2.24) is 0 Å². The van der Waals surface area contributed by atoms with Gasteiger partial charge in [0.25, 0.3) is 0 Å². The first-order chi connectivity index (χ1) is 10.2. The molecule has 0 atom stereocenters. The Bertz CT molecular complexity index is 522. The number of hydrogen-bond donors (Lipinski definition) is 0. The number of anilines is 1. The molecule has 1 aliphatic carbocycles. The van der Waals surface area contributed by atoms with Crippen LogP contribution < -0.4 is 9.64 Å². The van der Waals surface area contributed by atoms with Gasteiger partial charge in [-0.25, -0.2) is 4.79 Å². The third-order valence-electron chi connectivity index (χ3n) is 3.76. The summed E-state index contributed by atoms with van der Waals surface area (Å²) in [5.74, 6) is 0.994. The molecular formula is C16H19NO4. The van der Waals surface area contributed by atoms with E-state index < -0.39 is 0 Å². The lowest BCUT2D eigenvalue weighted by molar-refractivity contribution is -0.146. The summed E-state index contributed by atoms with van der Waals surface area (Å²) >= 11 is 0. The molecule has 5 nitrogen and oxygen atoms in total. The second kappa shape index (κ2) is 6.16. The number of ether oxygens (including phenoxy) is 2. The predicted molar refractivity (Wildman–Crippen MR) is 77.2 cm³/mol. The number of esters is 1. The lowest BCUT2D eigenvalue weighted by atomic mass is 10.3. The first-order valence-corrected chi connectivity index (χ1v) is 7.41. The number of hydrogen-bond acceptors (Lipinski definition) is 4. The van der Waals surface area contributed by atoms with Crippen LogP contribution in [0.2, 0.25) is 0 Å². The smallest absolute Gasteiger partial charge is 0.344 e. The summed E-state index contributed by atoms with van der Waals surface area (Å²) in [4.78, 5) is 24.9. The van der Waals surface area contributed by atoms with Crippen molar-refractivity contribution in [3.8, 4) is 5.75 Å². The van der Waals surface area contributed by atoms with Crippen molar-refractivity contribution in [2.75, 3.05) is 24.7 Å². The Morgan fingerprint density at radius 3 is 2.62 bits per heavy atom. The zero-order valence-electron chi connectivity index (χ0n) is 11.9. The summed E-state index contributed by atoms with van der Waals surface area (Å²) in [6, 6.07) is 7.23. The number of benzene rings is 1. The number of carbonyl (C=O) groups is 2. The van der Waals surface area contributed by atoms with Gasteiger partial charge in [-0.05, 0) is 49.4 Å². The molecule has 1 aromatic carbocycles. The third kappa shape index (κ3) is 3.74. The van der Waals surface area contributed by atoms with E-state index in [9.17, 15) is 9.59 Å². The van der Waals surface area contributed by atoms with E-state index in [1.165, 1.54) is 0 Å². The van der Waals surface area contributed by atoms with Crippen LogP contribution in [0.15, 0.2) is 24.3 Å². The van der Waals surface area contributed by atoms with Gasteiger partial charge in [0.05, 0.1) is 6.61 Å². The van der Waals surface area contributed by atoms with E-state index >= 15 is 0 Å². The maximum Gasteiger partial charge on any atom is 0.344 e. The summed E-state index contributed by atoms with van der Waals surface area (Å²) in [7, 11) is 0. The minimum Gasteiger partial charge on any atom is -0.482 e. The average Bonchev–Trinajstić information content (AvgIpc) is 3.24. The van der Waals surface area contributed by atoms with Crippen LogP contribution in [0.4, 0.5) is 5.69 Å². The molecule has 2 fully saturated rings. The van der Waals surface area contributed by atoms with Crippen LogP contribution in [0.1, 0.15) is 25.7 Å². The molecule has 0 aromatic heterocycles. The molecule has 112 valence electrons. The predicted octanol–water partition coefficient (Wildman–Crippen LogP) is 2.15. The maximum absolute atomic E-state index is 11.6. The van der Waals surface area contributed by atoms with Crippen LogP contribution in [-0.2, 0) is 14.3 Å². The van der Waals surface area contributed by atoms with Crippen LogP contribution in [0.3, 0.4) is 0 Å². The Labute approximate surface area is 123 Å². The SMILES string of the molecule is O=C(COc1ccc(N2CCCC2=O)cc1)OCC1CC1. The molecule has 3 rings (SSSR count). The van der Waals surface area contributed by atoms with E-state index in [1.54, 1.807) is 17.0 Å². The molecule has 21 heavy (non-hydrogen) atoms. The van der Waals surface area contributed by atoms with Crippen LogP contribution in [-0.4, -0.2) is 31.6 Å². The Hall–Kier alpha value is -2.04. The van der Waals surface area contributed by atoms with Crippen LogP contribution in [0.5, 0.6) is 5.75 Å². The summed E-state index contributed by atoms with van der Waals surface area (Å²) < 4.78 is 10.5. The zero-order chi connectivity index (χ0) is 14.7. The van der Waals surface area contributed by atoms with Crippen LogP contribution >= 0.6 is 0 Å². The highest BCUT2D eigenvalue weighted by molar-refractivity contribution is 5.95. The summed E-state index contributed by atoms with van der Waals surface area (Å²) in [6.45, 7) is 1.21. The van der Waals surface area contributed by atoms with Crippen LogP contribution in [0, 0.1) is 5.92 Å². The van der Waals surface area contributed by atoms with Crippen molar-refractivity contribution in [2.45, 2.75) is 25.7 Å². The van der Waals surface area contributed by atoms with Crippen molar-refractivity contribution in [3.63, 3.8) is 0 Å². The van der Waals surface area contributed by atoms with Gasteiger partial charge in [0.15, 0.2) is 6.61 Å². The highest BCUT2D eigenvalue weighted by Crippen LogP contribution is 2.28. The first kappa shape index (κ1) is 13.9. The van der Waals surface area contributed by atoms with Gasteiger partial charge in [-0.3, -0.25) is 4.79 Å². The Balaban J connectivity index is 1.47. The quantitative estimate of drug-likeness (QED) is 0.753. The van der Waals surface area contributed by atoms with Crippen molar-refractivity contribution >= 4 is 17.6 Å². The molecule has 1 aromatic rings. The fourth-order valence-electron chi connectivity index (χ4n) is 2.32. The third-order valence-corrected chi connectivity index (χ3v) is 3.76. The molecule has 0 bridgehead atoms. The van der Waals surface area contributed by atoms with E-state index in [-0.39, 0.29) is 18.5 Å². The van der Waals surface area contributed by atoms with Crippen molar-refractivity contribution in [1.29, 1.82) is 0 Å². The number of amides is 1. The minimum atomic E-state index is -0.333. The molecule has 1 heterocycles. The topological polar surface area (TPSA) is 55.8 Å². The fourth-order valence-corrected chi connectivity index (χ4v) is 2.32. The van der Waals surface area contributed by atoms with Gasteiger partial charge in [0, 0.05) is 18.7 Å². The lowest BCUT2D eigenvalue weighted by Crippen LogP contribution is -2.23. The molecule has 1 saturated carbocycles. The second-order valence-electron chi connectivity index (χ2n) is 5.56. The van der Waals surface area contributed by atoms with Crippen molar-refractivity contribution in [3.05, 3.63) is 24.3 Å². The van der Waals surface area contributed by atoms with Crippen LogP contribution in [0.25, 0.3) is 0 Å². The minimum absolute atomic E-state index is 0.0747. The van der Waals surface area contributed by atoms with Gasteiger partial charge in [-0.15, -0.1) is 0 Å². The van der Waals surface area contributed by atoms with Gasteiger partial charge in [0.1, 0.15) is 5.75 Å². The molecule has 1 amide bonds. The Kier molecular flexibility index (Phi) is 4.08. The highest BCUT2D eigenvalue weighted by Gasteiger charge is 2.23. The van der Waals surface area contributed by atoms with E-state index in [1.807, 2.05) is 12.1 Å². The molecule has 0 radical (unpaired) electrons. The number of rotatable bonds is 6. The van der Waals surface area contributed by atoms with Gasteiger partial charge in [-0.1, -0.05) is 0 Å². The molecular weight excluding hydrogens is 270 g/mol. The number of nitrogens with zero attached hydrogens (tertiary/aromatic N) is 1. The monoisotopic (exact) mass is 289 g/mol. The average molecular weight is 289 g/mol. The summed E-state index contributed by atoms with van der Waals surface area (Å²) in [5, 5.41) is 0. The summed E-state index contributed by atoms with van der Waals surface area (Å²) in [5.41, 5.74) is 0.876. The fraction of sp³-hybridized carbons (Fsp3) is 0.500. The van der Waals surface area contributed by atoms with Gasteiger partial charge < -0.3 is 14.4 Å². The molecule has 5 heteroatoms. The standard InChI is InChI=1S/C16H19NO4/c18-15-2-1-9-17(15)13-5-7-14(8-6-13)20-11-16(19)21-10-12-3-4-12/h5-8,12H,1-4,9-11H2. The second-order valence-corrected chi connectivity index (χ2v) is 5.56. The van der Waals surface area contributed by atoms with Gasteiger partial charge >= 0.3 is 5.97 Å². The Morgan fingerprint density at radius 2 is 2.00 bits per heavy atom. The molecule has 0 N–H and O–H groups in total. The first-order valence-electron chi connectivity index (χ1n) is 7.41. The van der Waals surface area contributed by atoms with E-state index in [2.05, 4.69) is 0 Å². The molecule has 1 aliphatic heterocycles. The molecule has 0 unspecified atom stereocenters. The van der Waals surface area contributed by atoms with E-state index in [4.69, 9.17) is 9.47 Å². The molecule has 0 spiro atoms. The molecule has 2 aliphatic rings. The largest absolute Gasteiger partial charge is 0.482 e. The van der Waals surface area contributed by atoms with E-state index in [0.717, 1.165) is 31.5 Å². The van der Waals surface area contributed by atoms with E-state index in [0.29, 0.717) is 24.7 Å². The highest BCUT2D eigenvalue weighted by atomic mass is 16.6. The van der Waals surface area contributed by atoms with Gasteiger partial charge in [-0.2, -0.15) is 0 Å². The summed E-state index contributed by atoms with van der Waals surface area (Å²) in [6.07, 6.45) is 3.84. The van der Waals surface area contributed by atoms with Crippen molar-refractivity contribution < 1.29 is 19.1 Å². The number of carbonyl (C=O) groups excluding carboxylic acids is 2. The Morgan fingerprint density at radius 1 is 1.24 bits per heavy atom. The van der Waals surface area contributed by atoms with Gasteiger partial charge in [0.2, 0.25) is 5.91 Å². The maximum atomic E-state index is 11.6.